The van der Waals surface area contributed by atoms with Gasteiger partial charge in [-0.25, -0.2) is 0 Å². The smallest absolute Gasteiger partial charge is 0.239 e. The van der Waals surface area contributed by atoms with Gasteiger partial charge in [0.1, 0.15) is 0 Å². The van der Waals surface area contributed by atoms with E-state index in [0.29, 0.717) is 0 Å². The average Bonchev–Trinajstić information content (AvgIpc) is 2.44. The lowest BCUT2D eigenvalue weighted by atomic mass is 10.1. The van der Waals surface area contributed by atoms with E-state index < -0.39 is 0 Å². The van der Waals surface area contributed by atoms with Crippen LogP contribution < -0.4 is 5.73 Å². The van der Waals surface area contributed by atoms with Gasteiger partial charge < -0.3 is 10.6 Å². The third kappa shape index (κ3) is 9.04. The van der Waals surface area contributed by atoms with Gasteiger partial charge in [0.15, 0.2) is 0 Å². The van der Waals surface area contributed by atoms with Gasteiger partial charge in [0.2, 0.25) is 5.91 Å². The fourth-order valence-corrected chi connectivity index (χ4v) is 2.20. The predicted molar refractivity (Wildman–Crippen MR) is 83.1 cm³/mol. The van der Waals surface area contributed by atoms with Crippen LogP contribution in [0.1, 0.15) is 78.6 Å². The van der Waals surface area contributed by atoms with E-state index in [0.717, 1.165) is 32.4 Å². The lowest BCUT2D eigenvalue weighted by Crippen LogP contribution is -2.44. The Balaban J connectivity index is 4.09. The Morgan fingerprint density at radius 3 is 1.74 bits per heavy atom. The van der Waals surface area contributed by atoms with Crippen molar-refractivity contribution < 1.29 is 4.79 Å². The average molecular weight is 270 g/mol. The minimum absolute atomic E-state index is 0.149. The molecule has 0 rings (SSSR count). The van der Waals surface area contributed by atoms with E-state index in [1.54, 1.807) is 0 Å². The maximum atomic E-state index is 12.2. The Kier molecular flexibility index (Phi) is 12.1. The molecule has 0 saturated carbocycles. The summed E-state index contributed by atoms with van der Waals surface area (Å²) in [5, 5.41) is 0. The van der Waals surface area contributed by atoms with Crippen LogP contribution in [0, 0.1) is 0 Å². The summed E-state index contributed by atoms with van der Waals surface area (Å²) < 4.78 is 0. The van der Waals surface area contributed by atoms with Gasteiger partial charge in [-0.05, 0) is 19.3 Å². The first-order chi connectivity index (χ1) is 9.17. The molecule has 0 spiro atoms. The number of nitrogens with two attached hydrogens (primary N) is 1. The van der Waals surface area contributed by atoms with E-state index in [1.807, 2.05) is 11.8 Å². The van der Waals surface area contributed by atoms with Gasteiger partial charge in [-0.1, -0.05) is 59.3 Å². The number of amides is 1. The maximum Gasteiger partial charge on any atom is 0.239 e. The van der Waals surface area contributed by atoms with Crippen LogP contribution in [-0.4, -0.2) is 29.9 Å². The van der Waals surface area contributed by atoms with Crippen LogP contribution in [0.5, 0.6) is 0 Å². The van der Waals surface area contributed by atoms with Gasteiger partial charge in [0, 0.05) is 13.1 Å². The Morgan fingerprint density at radius 1 is 0.895 bits per heavy atom. The Labute approximate surface area is 119 Å². The molecule has 19 heavy (non-hydrogen) atoms. The molecule has 0 radical (unpaired) electrons. The van der Waals surface area contributed by atoms with Gasteiger partial charge in [-0.15, -0.1) is 0 Å². The fourth-order valence-electron chi connectivity index (χ4n) is 2.20. The highest BCUT2D eigenvalue weighted by molar-refractivity contribution is 5.81. The summed E-state index contributed by atoms with van der Waals surface area (Å²) >= 11 is 0. The predicted octanol–water partition coefficient (Wildman–Crippen LogP) is 3.71. The third-order valence-electron chi connectivity index (χ3n) is 3.63. The van der Waals surface area contributed by atoms with Gasteiger partial charge in [-0.3, -0.25) is 4.79 Å². The summed E-state index contributed by atoms with van der Waals surface area (Å²) in [6.45, 7) is 8.17. The minimum Gasteiger partial charge on any atom is -0.341 e. The highest BCUT2D eigenvalue weighted by Crippen LogP contribution is 2.07. The second-order valence-electron chi connectivity index (χ2n) is 5.46. The molecule has 3 nitrogen and oxygen atoms in total. The molecule has 1 amide bonds. The highest BCUT2D eigenvalue weighted by atomic mass is 16.2. The topological polar surface area (TPSA) is 46.3 Å². The van der Waals surface area contributed by atoms with E-state index in [9.17, 15) is 4.79 Å². The summed E-state index contributed by atoms with van der Waals surface area (Å²) in [6.07, 6.45) is 10.4. The minimum atomic E-state index is -0.308. The van der Waals surface area contributed by atoms with Crippen molar-refractivity contribution >= 4 is 5.91 Å². The lowest BCUT2D eigenvalue weighted by molar-refractivity contribution is -0.132. The third-order valence-corrected chi connectivity index (χ3v) is 3.63. The van der Waals surface area contributed by atoms with Crippen LogP contribution >= 0.6 is 0 Å². The lowest BCUT2D eigenvalue weighted by Gasteiger charge is -2.25. The van der Waals surface area contributed by atoms with Crippen molar-refractivity contribution in [3.8, 4) is 0 Å². The summed E-state index contributed by atoms with van der Waals surface area (Å²) in [7, 11) is 0. The van der Waals surface area contributed by atoms with Crippen LogP contribution in [0.15, 0.2) is 0 Å². The first-order valence-electron chi connectivity index (χ1n) is 8.21. The van der Waals surface area contributed by atoms with Crippen LogP contribution in [0.2, 0.25) is 0 Å². The number of nitrogens with zero attached hydrogens (tertiary/aromatic N) is 1. The molecule has 0 fully saturated rings. The standard InChI is InChI=1S/C16H34N2O/c1-4-7-9-11-13-18(14-12-10-8-5-2)16(19)15(17)6-3/h15H,4-14,17H2,1-3H3/t15-/m1/s1. The molecule has 0 aromatic heterocycles. The SMILES string of the molecule is CCCCCCN(CCCCCC)C(=O)[C@H](N)CC. The molecule has 0 aliphatic rings. The molecular weight excluding hydrogens is 236 g/mol. The number of hydrogen-bond donors (Lipinski definition) is 1. The maximum absolute atomic E-state index is 12.2. The normalized spacial score (nSPS) is 12.4. The summed E-state index contributed by atoms with van der Waals surface area (Å²) in [5.74, 6) is 0.149. The zero-order valence-corrected chi connectivity index (χ0v) is 13.3. The van der Waals surface area contributed by atoms with E-state index in [4.69, 9.17) is 5.73 Å². The van der Waals surface area contributed by atoms with Crippen molar-refractivity contribution in [3.63, 3.8) is 0 Å². The molecule has 0 aliphatic heterocycles. The van der Waals surface area contributed by atoms with E-state index in [2.05, 4.69) is 13.8 Å². The Morgan fingerprint density at radius 2 is 1.37 bits per heavy atom. The second-order valence-corrected chi connectivity index (χ2v) is 5.46. The molecule has 3 heteroatoms. The van der Waals surface area contributed by atoms with Gasteiger partial charge in [0.05, 0.1) is 6.04 Å². The first-order valence-corrected chi connectivity index (χ1v) is 8.21. The Hall–Kier alpha value is -0.570. The summed E-state index contributed by atoms with van der Waals surface area (Å²) in [4.78, 5) is 14.2. The molecule has 0 aromatic carbocycles. The van der Waals surface area contributed by atoms with Gasteiger partial charge >= 0.3 is 0 Å². The van der Waals surface area contributed by atoms with Gasteiger partial charge in [-0.2, -0.15) is 0 Å². The Bertz CT molecular complexity index is 207. The highest BCUT2D eigenvalue weighted by Gasteiger charge is 2.18. The molecule has 114 valence electrons. The largest absolute Gasteiger partial charge is 0.341 e. The number of carbonyl (C=O) groups is 1. The van der Waals surface area contributed by atoms with Crippen molar-refractivity contribution in [2.75, 3.05) is 13.1 Å². The molecular formula is C16H34N2O. The van der Waals surface area contributed by atoms with E-state index in [1.165, 1.54) is 38.5 Å². The van der Waals surface area contributed by atoms with Crippen LogP contribution in [0.25, 0.3) is 0 Å². The van der Waals surface area contributed by atoms with Crippen LogP contribution in [0.4, 0.5) is 0 Å². The molecule has 1 atom stereocenters. The molecule has 0 unspecified atom stereocenters. The second kappa shape index (κ2) is 12.5. The molecule has 0 bridgehead atoms. The van der Waals surface area contributed by atoms with Crippen molar-refractivity contribution in [1.29, 1.82) is 0 Å². The summed E-state index contributed by atoms with van der Waals surface area (Å²) in [5.41, 5.74) is 5.89. The van der Waals surface area contributed by atoms with Crippen LogP contribution in [-0.2, 0) is 4.79 Å². The molecule has 0 aromatic rings. The van der Waals surface area contributed by atoms with Crippen molar-refractivity contribution in [2.24, 2.45) is 5.73 Å². The fraction of sp³-hybridized carbons (Fsp3) is 0.938. The monoisotopic (exact) mass is 270 g/mol. The van der Waals surface area contributed by atoms with E-state index in [-0.39, 0.29) is 11.9 Å². The number of unbranched alkanes of at least 4 members (excludes halogenated alkanes) is 6. The molecule has 2 N–H and O–H groups in total. The molecule has 0 saturated heterocycles. The molecule has 0 heterocycles. The van der Waals surface area contributed by atoms with Crippen molar-refractivity contribution in [2.45, 2.75) is 84.6 Å². The van der Waals surface area contributed by atoms with Gasteiger partial charge in [0.25, 0.3) is 0 Å². The zero-order valence-electron chi connectivity index (χ0n) is 13.3. The summed E-state index contributed by atoms with van der Waals surface area (Å²) in [6, 6.07) is -0.308. The van der Waals surface area contributed by atoms with Crippen LogP contribution in [0.3, 0.4) is 0 Å². The quantitative estimate of drug-likeness (QED) is 0.549. The number of rotatable bonds is 12. The van der Waals surface area contributed by atoms with Crippen molar-refractivity contribution in [1.82, 2.24) is 4.90 Å². The van der Waals surface area contributed by atoms with Crippen molar-refractivity contribution in [3.05, 3.63) is 0 Å². The van der Waals surface area contributed by atoms with E-state index >= 15 is 0 Å². The molecule has 0 aliphatic carbocycles. The number of carbonyl (C=O) groups excluding carboxylic acids is 1. The first kappa shape index (κ1) is 18.4. The zero-order chi connectivity index (χ0) is 14.5. The number of hydrogen-bond acceptors (Lipinski definition) is 2.